The Morgan fingerprint density at radius 2 is 2.04 bits per heavy atom. The first-order valence-electron chi connectivity index (χ1n) is 6.40. The van der Waals surface area contributed by atoms with Crippen LogP contribution in [-0.2, 0) is 0 Å². The molecule has 2 N–H and O–H groups in total. The van der Waals surface area contributed by atoms with Crippen LogP contribution in [0.25, 0.3) is 16.6 Å². The molecule has 7 nitrogen and oxygen atoms in total. The van der Waals surface area contributed by atoms with Crippen molar-refractivity contribution in [2.24, 2.45) is 0 Å². The molecule has 1 aromatic carbocycles. The van der Waals surface area contributed by atoms with E-state index in [9.17, 15) is 23.5 Å². The molecule has 0 atom stereocenters. The number of halogens is 2. The first kappa shape index (κ1) is 13.4. The summed E-state index contributed by atoms with van der Waals surface area (Å²) in [6, 6.07) is 5.19. The van der Waals surface area contributed by atoms with Gasteiger partial charge in [-0.25, -0.2) is 14.6 Å². The summed E-state index contributed by atoms with van der Waals surface area (Å²) in [5.41, 5.74) is -0.865. The molecule has 1 aliphatic rings. The van der Waals surface area contributed by atoms with Crippen LogP contribution in [0.5, 0.6) is 11.5 Å². The number of pyridine rings is 1. The van der Waals surface area contributed by atoms with Crippen LogP contribution >= 0.6 is 0 Å². The van der Waals surface area contributed by atoms with E-state index in [4.69, 9.17) is 0 Å². The normalized spacial score (nSPS) is 15.2. The number of rotatable bonds is 1. The third-order valence-electron chi connectivity index (χ3n) is 3.49. The summed E-state index contributed by atoms with van der Waals surface area (Å²) in [5, 5.41) is 9.27. The minimum absolute atomic E-state index is 0.0512. The molecule has 1 aliphatic heterocycles. The van der Waals surface area contributed by atoms with E-state index in [1.54, 1.807) is 0 Å². The molecule has 3 aromatic rings. The van der Waals surface area contributed by atoms with E-state index in [2.05, 4.69) is 14.5 Å². The number of carbonyl (C=O) groups is 1. The van der Waals surface area contributed by atoms with Crippen LogP contribution < -0.4 is 20.0 Å². The van der Waals surface area contributed by atoms with Gasteiger partial charge in [0, 0.05) is 0 Å². The third kappa shape index (κ3) is 1.83. The average molecular weight is 321 g/mol. The van der Waals surface area contributed by atoms with E-state index in [-0.39, 0.29) is 33.6 Å². The topological polar surface area (TPSA) is 91.4 Å². The Labute approximate surface area is 125 Å². The van der Waals surface area contributed by atoms with E-state index < -0.39 is 17.8 Å². The van der Waals surface area contributed by atoms with Crippen LogP contribution in [0.3, 0.4) is 0 Å². The molecule has 0 amide bonds. The zero-order chi connectivity index (χ0) is 16.4. The predicted molar refractivity (Wildman–Crippen MR) is 70.9 cm³/mol. The van der Waals surface area contributed by atoms with Crippen molar-refractivity contribution in [2.75, 3.05) is 0 Å². The van der Waals surface area contributed by atoms with Gasteiger partial charge in [0.05, 0.1) is 6.20 Å². The molecule has 0 fully saturated rings. The number of carboxylic acids is 1. The highest BCUT2D eigenvalue weighted by atomic mass is 19.3. The van der Waals surface area contributed by atoms with Gasteiger partial charge in [-0.3, -0.25) is 0 Å². The minimum Gasteiger partial charge on any atom is -0.477 e. The van der Waals surface area contributed by atoms with Crippen LogP contribution in [0.1, 0.15) is 10.4 Å². The number of H-pyrrole nitrogens is 1. The Kier molecular flexibility index (Phi) is 2.43. The SMILES string of the molecule is O=C(O)c1cccn2c(=O)c3ccc4c(c3[nH+]c12)OC(F)(F)O4. The number of carboxylic acid groups (broad SMARTS) is 1. The largest absolute Gasteiger partial charge is 0.586 e. The van der Waals surface area contributed by atoms with E-state index in [1.807, 2.05) is 0 Å². The quantitative estimate of drug-likeness (QED) is 0.682. The number of fused-ring (bicyclic) bond motifs is 4. The first-order chi connectivity index (χ1) is 10.9. The number of hydrogen-bond acceptors (Lipinski definition) is 4. The molecule has 0 unspecified atom stereocenters. The van der Waals surface area contributed by atoms with Gasteiger partial charge in [-0.1, -0.05) is 0 Å². The molecule has 0 saturated carbocycles. The summed E-state index contributed by atoms with van der Waals surface area (Å²) >= 11 is 0. The molecule has 0 aliphatic carbocycles. The van der Waals surface area contributed by atoms with Crippen molar-refractivity contribution in [1.82, 2.24) is 4.40 Å². The van der Waals surface area contributed by atoms with Crippen LogP contribution in [0.4, 0.5) is 8.78 Å². The molecular formula is C14H7F2N2O5+. The van der Waals surface area contributed by atoms with Gasteiger partial charge in [-0.2, -0.15) is 4.40 Å². The molecule has 0 bridgehead atoms. The molecular weight excluding hydrogens is 314 g/mol. The van der Waals surface area contributed by atoms with E-state index in [1.165, 1.54) is 30.5 Å². The maximum absolute atomic E-state index is 13.3. The van der Waals surface area contributed by atoms with Crippen molar-refractivity contribution in [3.05, 3.63) is 46.4 Å². The molecule has 4 rings (SSSR count). The highest BCUT2D eigenvalue weighted by Gasteiger charge is 2.45. The van der Waals surface area contributed by atoms with Crippen molar-refractivity contribution in [1.29, 1.82) is 0 Å². The van der Waals surface area contributed by atoms with Crippen molar-refractivity contribution >= 4 is 22.5 Å². The van der Waals surface area contributed by atoms with Crippen molar-refractivity contribution in [2.45, 2.75) is 6.29 Å². The number of hydrogen-bond donors (Lipinski definition) is 1. The summed E-state index contributed by atoms with van der Waals surface area (Å²) in [6.07, 6.45) is -2.47. The second kappa shape index (κ2) is 4.15. The fraction of sp³-hybridized carbons (Fsp3) is 0.0714. The fourth-order valence-corrected chi connectivity index (χ4v) is 2.54. The number of alkyl halides is 2. The molecule has 0 spiro atoms. The maximum Gasteiger partial charge on any atom is 0.586 e. The first-order valence-corrected chi connectivity index (χ1v) is 6.40. The highest BCUT2D eigenvalue weighted by Crippen LogP contribution is 2.43. The number of aromatic nitrogens is 2. The zero-order valence-electron chi connectivity index (χ0n) is 11.2. The second-order valence-corrected chi connectivity index (χ2v) is 4.86. The van der Waals surface area contributed by atoms with Crippen LogP contribution in [-0.4, -0.2) is 21.8 Å². The lowest BCUT2D eigenvalue weighted by Gasteiger charge is -2.04. The number of aromatic amines is 1. The Bertz CT molecular complexity index is 1060. The van der Waals surface area contributed by atoms with Gasteiger partial charge in [0.15, 0.2) is 11.3 Å². The van der Waals surface area contributed by atoms with Crippen molar-refractivity contribution in [3.63, 3.8) is 0 Å². The smallest absolute Gasteiger partial charge is 0.477 e. The summed E-state index contributed by atoms with van der Waals surface area (Å²) in [4.78, 5) is 26.5. The lowest BCUT2D eigenvalue weighted by Crippen LogP contribution is -2.27. The van der Waals surface area contributed by atoms with Gasteiger partial charge >= 0.3 is 23.5 Å². The van der Waals surface area contributed by atoms with Crippen molar-refractivity contribution in [3.8, 4) is 11.5 Å². The average Bonchev–Trinajstić information content (AvgIpc) is 2.81. The van der Waals surface area contributed by atoms with Gasteiger partial charge in [0.25, 0.3) is 0 Å². The summed E-state index contributed by atoms with van der Waals surface area (Å²) in [5.74, 6) is -1.85. The van der Waals surface area contributed by atoms with Crippen LogP contribution in [0.2, 0.25) is 0 Å². The zero-order valence-corrected chi connectivity index (χ0v) is 11.2. The third-order valence-corrected chi connectivity index (χ3v) is 3.49. The summed E-state index contributed by atoms with van der Waals surface area (Å²) < 4.78 is 36.4. The lowest BCUT2D eigenvalue weighted by molar-refractivity contribution is -0.321. The Morgan fingerprint density at radius 1 is 1.26 bits per heavy atom. The Hall–Kier alpha value is -3.23. The number of benzene rings is 1. The van der Waals surface area contributed by atoms with Gasteiger partial charge in [0.1, 0.15) is 10.9 Å². The van der Waals surface area contributed by atoms with E-state index in [0.717, 1.165) is 4.40 Å². The molecule has 0 radical (unpaired) electrons. The Morgan fingerprint density at radius 3 is 2.78 bits per heavy atom. The molecule has 2 aromatic heterocycles. The van der Waals surface area contributed by atoms with Gasteiger partial charge in [-0.05, 0) is 24.3 Å². The standard InChI is InChI=1S/C14H6F2N2O5/c15-14(16)22-8-4-3-6-9(10(8)23-14)17-11-7(13(20)21)2-1-5-18(11)12(6)19/h1-5H,(H,20,21)/p+1. The monoisotopic (exact) mass is 321 g/mol. The Balaban J connectivity index is 2.17. The fourth-order valence-electron chi connectivity index (χ4n) is 2.54. The number of ether oxygens (including phenoxy) is 2. The molecule has 3 heterocycles. The van der Waals surface area contributed by atoms with Gasteiger partial charge in [-0.15, -0.1) is 8.78 Å². The summed E-state index contributed by atoms with van der Waals surface area (Å²) in [7, 11) is 0. The van der Waals surface area contributed by atoms with Gasteiger partial charge < -0.3 is 14.6 Å². The number of nitrogens with zero attached hydrogens (tertiary/aromatic N) is 1. The van der Waals surface area contributed by atoms with Gasteiger partial charge in [0.2, 0.25) is 5.75 Å². The second-order valence-electron chi connectivity index (χ2n) is 4.86. The number of aromatic carboxylic acids is 1. The molecule has 0 saturated heterocycles. The van der Waals surface area contributed by atoms with E-state index in [0.29, 0.717) is 0 Å². The predicted octanol–water partition coefficient (Wildman–Crippen LogP) is 1.29. The number of nitrogens with one attached hydrogen (secondary N) is 1. The maximum atomic E-state index is 13.3. The van der Waals surface area contributed by atoms with Crippen LogP contribution in [0.15, 0.2) is 35.3 Å². The minimum atomic E-state index is -3.85. The van der Waals surface area contributed by atoms with Crippen molar-refractivity contribution < 1.29 is 33.1 Å². The summed E-state index contributed by atoms with van der Waals surface area (Å²) in [6.45, 7) is 0. The lowest BCUT2D eigenvalue weighted by atomic mass is 10.2. The molecule has 23 heavy (non-hydrogen) atoms. The molecule has 9 heteroatoms. The van der Waals surface area contributed by atoms with E-state index >= 15 is 0 Å². The van der Waals surface area contributed by atoms with Crippen LogP contribution in [0, 0.1) is 0 Å². The highest BCUT2D eigenvalue weighted by molar-refractivity contribution is 5.94. The molecule has 116 valence electrons.